The lowest BCUT2D eigenvalue weighted by Crippen LogP contribution is -2.50. The SMILES string of the molecule is CSCCC(=O)N1CCN(S(=O)(=O)c2cc(C)ccc2C)CC1. The standard InChI is InChI=1S/C16H24N2O3S2/c1-13-4-5-14(2)15(12-13)23(20,21)18-9-7-17(8-10-18)16(19)6-11-22-3/h4-5,12H,6-11H2,1-3H3. The van der Waals surface area contributed by atoms with Gasteiger partial charge in [-0.15, -0.1) is 0 Å². The summed E-state index contributed by atoms with van der Waals surface area (Å²) in [6.07, 6.45) is 2.49. The molecule has 0 atom stereocenters. The average Bonchev–Trinajstić information content (AvgIpc) is 2.54. The van der Waals surface area contributed by atoms with Crippen molar-refractivity contribution in [1.82, 2.24) is 9.21 Å². The highest BCUT2D eigenvalue weighted by Crippen LogP contribution is 2.22. The predicted octanol–water partition coefficient (Wildman–Crippen LogP) is 1.89. The highest BCUT2D eigenvalue weighted by Gasteiger charge is 2.30. The molecular weight excluding hydrogens is 332 g/mol. The molecule has 1 aliphatic rings. The maximum absolute atomic E-state index is 12.8. The Morgan fingerprint density at radius 2 is 1.83 bits per heavy atom. The van der Waals surface area contributed by atoms with Crippen LogP contribution in [0.3, 0.4) is 0 Å². The van der Waals surface area contributed by atoms with Crippen molar-refractivity contribution in [3.05, 3.63) is 29.3 Å². The minimum absolute atomic E-state index is 0.114. The van der Waals surface area contributed by atoms with Crippen molar-refractivity contribution in [2.45, 2.75) is 25.2 Å². The number of aryl methyl sites for hydroxylation is 2. The fourth-order valence-corrected chi connectivity index (χ4v) is 4.76. The molecule has 0 bridgehead atoms. The van der Waals surface area contributed by atoms with E-state index in [2.05, 4.69) is 0 Å². The number of carbonyl (C=O) groups is 1. The van der Waals surface area contributed by atoms with E-state index >= 15 is 0 Å². The van der Waals surface area contributed by atoms with Crippen LogP contribution < -0.4 is 0 Å². The minimum atomic E-state index is -3.49. The fraction of sp³-hybridized carbons (Fsp3) is 0.562. The maximum atomic E-state index is 12.8. The van der Waals surface area contributed by atoms with E-state index in [1.165, 1.54) is 4.31 Å². The Balaban J connectivity index is 2.07. The minimum Gasteiger partial charge on any atom is -0.340 e. The summed E-state index contributed by atoms with van der Waals surface area (Å²) in [4.78, 5) is 14.2. The van der Waals surface area contributed by atoms with E-state index in [0.717, 1.165) is 16.9 Å². The summed E-state index contributed by atoms with van der Waals surface area (Å²) in [5.74, 6) is 0.919. The van der Waals surface area contributed by atoms with Crippen LogP contribution in [0.1, 0.15) is 17.5 Å². The zero-order valence-corrected chi connectivity index (χ0v) is 15.5. The largest absolute Gasteiger partial charge is 0.340 e. The molecule has 0 radical (unpaired) electrons. The van der Waals surface area contributed by atoms with Gasteiger partial charge in [-0.25, -0.2) is 8.42 Å². The number of carbonyl (C=O) groups excluding carboxylic acids is 1. The van der Waals surface area contributed by atoms with Crippen molar-refractivity contribution in [1.29, 1.82) is 0 Å². The molecule has 1 fully saturated rings. The topological polar surface area (TPSA) is 57.7 Å². The first-order chi connectivity index (χ1) is 10.9. The van der Waals surface area contributed by atoms with E-state index in [1.54, 1.807) is 22.7 Å². The zero-order chi connectivity index (χ0) is 17.0. The van der Waals surface area contributed by atoms with Crippen molar-refractivity contribution >= 4 is 27.7 Å². The monoisotopic (exact) mass is 356 g/mol. The van der Waals surface area contributed by atoms with Gasteiger partial charge in [0, 0.05) is 38.4 Å². The first kappa shape index (κ1) is 18.3. The van der Waals surface area contributed by atoms with Crippen LogP contribution in [0.5, 0.6) is 0 Å². The number of nitrogens with zero attached hydrogens (tertiary/aromatic N) is 2. The van der Waals surface area contributed by atoms with E-state index in [4.69, 9.17) is 0 Å². The molecule has 1 aromatic carbocycles. The third-order valence-electron chi connectivity index (χ3n) is 4.07. The highest BCUT2D eigenvalue weighted by atomic mass is 32.2. The van der Waals surface area contributed by atoms with Crippen LogP contribution in [0.4, 0.5) is 0 Å². The summed E-state index contributed by atoms with van der Waals surface area (Å²) < 4.78 is 27.1. The van der Waals surface area contributed by atoms with Crippen LogP contribution in [-0.2, 0) is 14.8 Å². The first-order valence-electron chi connectivity index (χ1n) is 7.70. The lowest BCUT2D eigenvalue weighted by Gasteiger charge is -2.34. The van der Waals surface area contributed by atoms with Crippen molar-refractivity contribution in [2.24, 2.45) is 0 Å². The van der Waals surface area contributed by atoms with Gasteiger partial charge in [0.2, 0.25) is 15.9 Å². The van der Waals surface area contributed by atoms with Crippen molar-refractivity contribution in [3.63, 3.8) is 0 Å². The molecule has 5 nitrogen and oxygen atoms in total. The molecule has 1 aromatic rings. The molecule has 1 saturated heterocycles. The molecule has 7 heteroatoms. The van der Waals surface area contributed by atoms with Gasteiger partial charge in [0.15, 0.2) is 0 Å². The number of hydrogen-bond acceptors (Lipinski definition) is 4. The molecule has 1 amide bonds. The van der Waals surface area contributed by atoms with Crippen LogP contribution in [0.25, 0.3) is 0 Å². The summed E-state index contributed by atoms with van der Waals surface area (Å²) in [7, 11) is -3.49. The van der Waals surface area contributed by atoms with Crippen molar-refractivity contribution < 1.29 is 13.2 Å². The molecule has 0 N–H and O–H groups in total. The Kier molecular flexibility index (Phi) is 6.11. The molecule has 0 unspecified atom stereocenters. The number of benzene rings is 1. The van der Waals surface area contributed by atoms with E-state index < -0.39 is 10.0 Å². The normalized spacial score (nSPS) is 16.6. The van der Waals surface area contributed by atoms with Gasteiger partial charge < -0.3 is 4.90 Å². The van der Waals surface area contributed by atoms with Gasteiger partial charge in [0.1, 0.15) is 0 Å². The molecule has 0 saturated carbocycles. The summed E-state index contributed by atoms with van der Waals surface area (Å²) in [5, 5.41) is 0. The number of piperazine rings is 1. The number of sulfonamides is 1. The lowest BCUT2D eigenvalue weighted by atomic mass is 10.2. The molecule has 23 heavy (non-hydrogen) atoms. The number of rotatable bonds is 5. The van der Waals surface area contributed by atoms with Crippen LogP contribution >= 0.6 is 11.8 Å². The highest BCUT2D eigenvalue weighted by molar-refractivity contribution is 7.98. The molecule has 1 heterocycles. The van der Waals surface area contributed by atoms with Crippen molar-refractivity contribution in [3.8, 4) is 0 Å². The second-order valence-corrected chi connectivity index (χ2v) is 8.69. The molecule has 128 valence electrons. The average molecular weight is 357 g/mol. The van der Waals surface area contributed by atoms with Gasteiger partial charge in [-0.1, -0.05) is 12.1 Å². The molecule has 0 aliphatic carbocycles. The molecule has 0 spiro atoms. The molecule has 0 aromatic heterocycles. The Morgan fingerprint density at radius 1 is 1.17 bits per heavy atom. The summed E-state index contributed by atoms with van der Waals surface area (Å²) >= 11 is 1.65. The van der Waals surface area contributed by atoms with E-state index in [-0.39, 0.29) is 5.91 Å². The third kappa shape index (κ3) is 4.28. The van der Waals surface area contributed by atoms with Crippen LogP contribution in [0.15, 0.2) is 23.1 Å². The Bertz CT molecular complexity index is 666. The zero-order valence-electron chi connectivity index (χ0n) is 13.9. The third-order valence-corrected chi connectivity index (χ3v) is 6.73. The Morgan fingerprint density at radius 3 is 2.43 bits per heavy atom. The van der Waals surface area contributed by atoms with Crippen molar-refractivity contribution in [2.75, 3.05) is 38.2 Å². The summed E-state index contributed by atoms with van der Waals surface area (Å²) in [6.45, 7) is 5.37. The molecular formula is C16H24N2O3S2. The van der Waals surface area contributed by atoms with E-state index in [0.29, 0.717) is 37.5 Å². The second-order valence-electron chi connectivity index (χ2n) is 5.80. The second kappa shape index (κ2) is 7.68. The van der Waals surface area contributed by atoms with E-state index in [9.17, 15) is 13.2 Å². The smallest absolute Gasteiger partial charge is 0.243 e. The predicted molar refractivity (Wildman–Crippen MR) is 94.3 cm³/mol. The van der Waals surface area contributed by atoms with Gasteiger partial charge in [-0.05, 0) is 37.3 Å². The molecule has 1 aliphatic heterocycles. The Labute approximate surface area is 143 Å². The maximum Gasteiger partial charge on any atom is 0.243 e. The number of amides is 1. The van der Waals surface area contributed by atoms with Gasteiger partial charge in [-0.3, -0.25) is 4.79 Å². The fourth-order valence-electron chi connectivity index (χ4n) is 2.65. The number of hydrogen-bond donors (Lipinski definition) is 0. The molecule has 2 rings (SSSR count). The first-order valence-corrected chi connectivity index (χ1v) is 10.5. The Hall–Kier alpha value is -1.05. The quantitative estimate of drug-likeness (QED) is 0.808. The van der Waals surface area contributed by atoms with Crippen LogP contribution in [-0.4, -0.2) is 61.7 Å². The van der Waals surface area contributed by atoms with E-state index in [1.807, 2.05) is 32.2 Å². The van der Waals surface area contributed by atoms with Gasteiger partial charge >= 0.3 is 0 Å². The lowest BCUT2D eigenvalue weighted by molar-refractivity contribution is -0.131. The van der Waals surface area contributed by atoms with Gasteiger partial charge in [-0.2, -0.15) is 16.1 Å². The number of thioether (sulfide) groups is 1. The summed E-state index contributed by atoms with van der Waals surface area (Å²) in [5.41, 5.74) is 1.69. The summed E-state index contributed by atoms with van der Waals surface area (Å²) in [6, 6.07) is 5.47. The van der Waals surface area contributed by atoms with Gasteiger partial charge in [0.05, 0.1) is 4.90 Å². The van der Waals surface area contributed by atoms with Crippen LogP contribution in [0.2, 0.25) is 0 Å². The van der Waals surface area contributed by atoms with Gasteiger partial charge in [0.25, 0.3) is 0 Å². The van der Waals surface area contributed by atoms with Crippen LogP contribution in [0, 0.1) is 13.8 Å².